The van der Waals surface area contributed by atoms with Crippen LogP contribution in [0.4, 0.5) is 0 Å². The third-order valence-electron chi connectivity index (χ3n) is 2.03. The number of aryl methyl sites for hydroxylation is 1. The highest BCUT2D eigenvalue weighted by Gasteiger charge is 2.15. The van der Waals surface area contributed by atoms with Gasteiger partial charge in [0, 0.05) is 13.0 Å². The maximum Gasteiger partial charge on any atom is 0.228 e. The van der Waals surface area contributed by atoms with Crippen molar-refractivity contribution in [3.63, 3.8) is 0 Å². The highest BCUT2D eigenvalue weighted by molar-refractivity contribution is 5.38. The van der Waals surface area contributed by atoms with Crippen molar-refractivity contribution in [2.24, 2.45) is 0 Å². The van der Waals surface area contributed by atoms with Crippen LogP contribution in [-0.2, 0) is 6.54 Å². The molecule has 0 radical (unpaired) electrons. The molecule has 72 valence electrons. The first-order valence-corrected chi connectivity index (χ1v) is 4.55. The number of hydrogen-bond acceptors (Lipinski definition) is 2. The molecule has 3 nitrogen and oxygen atoms in total. The second-order valence-corrected chi connectivity index (χ2v) is 2.83. The Hall–Kier alpha value is -1.25. The Balaban J connectivity index is 3.13. The van der Waals surface area contributed by atoms with Crippen molar-refractivity contribution in [2.45, 2.75) is 27.3 Å². The molecule has 0 spiro atoms. The topological polar surface area (TPSA) is 33.3 Å². The van der Waals surface area contributed by atoms with E-state index in [0.717, 1.165) is 12.2 Å². The molecule has 0 aliphatic carbocycles. The summed E-state index contributed by atoms with van der Waals surface area (Å²) in [7, 11) is 0. The lowest BCUT2D eigenvalue weighted by atomic mass is 10.3. The van der Waals surface area contributed by atoms with Crippen LogP contribution in [0.5, 0.6) is 11.5 Å². The van der Waals surface area contributed by atoms with Crippen molar-refractivity contribution in [2.75, 3.05) is 6.61 Å². The van der Waals surface area contributed by atoms with Gasteiger partial charge in [-0.05, 0) is 13.8 Å². The van der Waals surface area contributed by atoms with Crippen molar-refractivity contribution in [1.29, 1.82) is 0 Å². The predicted octanol–water partition coefficient (Wildman–Crippen LogP) is 1.41. The van der Waals surface area contributed by atoms with E-state index in [0.29, 0.717) is 12.4 Å². The van der Waals surface area contributed by atoms with Crippen LogP contribution in [0, 0.1) is 6.92 Å². The van der Waals surface area contributed by atoms with Gasteiger partial charge in [0.25, 0.3) is 0 Å². The van der Waals surface area contributed by atoms with Crippen LogP contribution in [0.3, 0.4) is 0 Å². The Labute approximate surface area is 78.6 Å². The molecule has 0 aromatic carbocycles. The van der Waals surface area contributed by atoms with Crippen LogP contribution < -0.4 is 9.30 Å². The number of hydrogen-bond donors (Lipinski definition) is 1. The standard InChI is InChI=1S/C10H15NO2/c1-4-11-7-6-9(12)10(8(11)3)13-5-2/h6-7H,4-5H2,1-3H3/p+1. The van der Waals surface area contributed by atoms with E-state index in [-0.39, 0.29) is 5.75 Å². The summed E-state index contributed by atoms with van der Waals surface area (Å²) in [6.07, 6.45) is 1.85. The van der Waals surface area contributed by atoms with Crippen molar-refractivity contribution in [1.82, 2.24) is 0 Å². The van der Waals surface area contributed by atoms with Crippen molar-refractivity contribution >= 4 is 0 Å². The largest absolute Gasteiger partial charge is 0.504 e. The number of pyridine rings is 1. The van der Waals surface area contributed by atoms with Crippen LogP contribution in [0.2, 0.25) is 0 Å². The Morgan fingerprint density at radius 2 is 2.15 bits per heavy atom. The summed E-state index contributed by atoms with van der Waals surface area (Å²) >= 11 is 0. The molecule has 0 bridgehead atoms. The second kappa shape index (κ2) is 4.12. The van der Waals surface area contributed by atoms with E-state index in [1.807, 2.05) is 24.6 Å². The number of rotatable bonds is 3. The first kappa shape index (κ1) is 9.84. The lowest BCUT2D eigenvalue weighted by Crippen LogP contribution is -2.35. The molecule has 1 aromatic heterocycles. The summed E-state index contributed by atoms with van der Waals surface area (Å²) in [5, 5.41) is 9.50. The minimum atomic E-state index is 0.212. The molecule has 1 heterocycles. The zero-order chi connectivity index (χ0) is 9.84. The van der Waals surface area contributed by atoms with Gasteiger partial charge in [-0.1, -0.05) is 0 Å². The molecule has 0 aliphatic rings. The summed E-state index contributed by atoms with van der Waals surface area (Å²) in [4.78, 5) is 0. The first-order valence-electron chi connectivity index (χ1n) is 4.55. The number of aromatic nitrogens is 1. The van der Waals surface area contributed by atoms with Gasteiger partial charge in [-0.2, -0.15) is 4.57 Å². The van der Waals surface area contributed by atoms with E-state index in [9.17, 15) is 5.11 Å². The maximum absolute atomic E-state index is 9.50. The zero-order valence-electron chi connectivity index (χ0n) is 8.37. The van der Waals surface area contributed by atoms with Gasteiger partial charge in [0.1, 0.15) is 6.54 Å². The normalized spacial score (nSPS) is 10.1. The molecule has 0 saturated carbocycles. The molecule has 3 heteroatoms. The summed E-state index contributed by atoms with van der Waals surface area (Å²) < 4.78 is 7.37. The van der Waals surface area contributed by atoms with Gasteiger partial charge in [0.15, 0.2) is 11.9 Å². The third kappa shape index (κ3) is 1.91. The fourth-order valence-corrected chi connectivity index (χ4v) is 1.33. The molecule has 0 atom stereocenters. The van der Waals surface area contributed by atoms with Gasteiger partial charge in [-0.3, -0.25) is 0 Å². The van der Waals surface area contributed by atoms with E-state index >= 15 is 0 Å². The number of ether oxygens (including phenoxy) is 1. The monoisotopic (exact) mass is 182 g/mol. The first-order chi connectivity index (χ1) is 6.20. The minimum absolute atomic E-state index is 0.212. The predicted molar refractivity (Wildman–Crippen MR) is 49.9 cm³/mol. The van der Waals surface area contributed by atoms with E-state index in [1.165, 1.54) is 0 Å². The molecular formula is C10H16NO2+. The number of aromatic hydroxyl groups is 1. The van der Waals surface area contributed by atoms with Crippen molar-refractivity contribution in [3.8, 4) is 11.5 Å². The van der Waals surface area contributed by atoms with E-state index in [4.69, 9.17) is 4.74 Å². The molecule has 0 unspecified atom stereocenters. The fourth-order valence-electron chi connectivity index (χ4n) is 1.33. The molecule has 0 saturated heterocycles. The SMILES string of the molecule is CCOc1c(O)cc[n+](CC)c1C. The molecule has 1 aromatic rings. The van der Waals surface area contributed by atoms with Gasteiger partial charge in [0.2, 0.25) is 11.4 Å². The summed E-state index contributed by atoms with van der Waals surface area (Å²) in [5.74, 6) is 0.802. The molecule has 1 N–H and O–H groups in total. The van der Waals surface area contributed by atoms with Crippen LogP contribution in [0.15, 0.2) is 12.3 Å². The molecular weight excluding hydrogens is 166 g/mol. The lowest BCUT2D eigenvalue weighted by Gasteiger charge is -2.07. The Morgan fingerprint density at radius 1 is 1.46 bits per heavy atom. The number of nitrogens with zero attached hydrogens (tertiary/aromatic N) is 1. The van der Waals surface area contributed by atoms with Gasteiger partial charge < -0.3 is 9.84 Å². The molecule has 13 heavy (non-hydrogen) atoms. The maximum atomic E-state index is 9.50. The summed E-state index contributed by atoms with van der Waals surface area (Å²) in [6.45, 7) is 7.35. The van der Waals surface area contributed by atoms with Gasteiger partial charge in [-0.15, -0.1) is 0 Å². The van der Waals surface area contributed by atoms with Crippen LogP contribution >= 0.6 is 0 Å². The molecule has 1 rings (SSSR count). The average Bonchev–Trinajstić information content (AvgIpc) is 2.12. The average molecular weight is 182 g/mol. The third-order valence-corrected chi connectivity index (χ3v) is 2.03. The van der Waals surface area contributed by atoms with Crippen LogP contribution in [-0.4, -0.2) is 11.7 Å². The zero-order valence-corrected chi connectivity index (χ0v) is 8.37. The molecule has 0 amide bonds. The van der Waals surface area contributed by atoms with Gasteiger partial charge in [0.05, 0.1) is 6.61 Å². The van der Waals surface area contributed by atoms with Crippen LogP contribution in [0.25, 0.3) is 0 Å². The highest BCUT2D eigenvalue weighted by atomic mass is 16.5. The van der Waals surface area contributed by atoms with E-state index in [1.54, 1.807) is 6.07 Å². The minimum Gasteiger partial charge on any atom is -0.504 e. The molecule has 0 aliphatic heterocycles. The van der Waals surface area contributed by atoms with E-state index in [2.05, 4.69) is 6.92 Å². The summed E-state index contributed by atoms with van der Waals surface area (Å²) in [6, 6.07) is 1.65. The quantitative estimate of drug-likeness (QED) is 0.717. The Morgan fingerprint density at radius 3 is 2.69 bits per heavy atom. The van der Waals surface area contributed by atoms with Gasteiger partial charge >= 0.3 is 0 Å². The molecule has 0 fully saturated rings. The van der Waals surface area contributed by atoms with Crippen molar-refractivity contribution in [3.05, 3.63) is 18.0 Å². The van der Waals surface area contributed by atoms with Gasteiger partial charge in [-0.25, -0.2) is 0 Å². The van der Waals surface area contributed by atoms with E-state index < -0.39 is 0 Å². The lowest BCUT2D eigenvalue weighted by molar-refractivity contribution is -0.699. The van der Waals surface area contributed by atoms with Crippen molar-refractivity contribution < 1.29 is 14.4 Å². The second-order valence-electron chi connectivity index (χ2n) is 2.83. The highest BCUT2D eigenvalue weighted by Crippen LogP contribution is 2.26. The smallest absolute Gasteiger partial charge is 0.228 e. The Kier molecular flexibility index (Phi) is 3.12. The Bertz CT molecular complexity index is 297. The summed E-state index contributed by atoms with van der Waals surface area (Å²) in [5.41, 5.74) is 0.962. The fraction of sp³-hybridized carbons (Fsp3) is 0.500. The van der Waals surface area contributed by atoms with Crippen LogP contribution in [0.1, 0.15) is 19.5 Å².